The molecule has 3 aromatic rings. The molecular weight excluding hydrogens is 320 g/mol. The molecule has 2 heterocycles. The summed E-state index contributed by atoms with van der Waals surface area (Å²) in [6.45, 7) is 0. The molecule has 4 nitrogen and oxygen atoms in total. The number of halogens is 1. The van der Waals surface area contributed by atoms with Crippen LogP contribution in [0.1, 0.15) is 15.9 Å². The Bertz CT molecular complexity index is 795. The Hall–Kier alpha value is -2.14. The molecule has 0 aliphatic heterocycles. The van der Waals surface area contributed by atoms with Crippen LogP contribution in [0.25, 0.3) is 11.0 Å². The summed E-state index contributed by atoms with van der Waals surface area (Å²) < 4.78 is 5.84. The number of methoxy groups -OCH3 is 1. The van der Waals surface area contributed by atoms with Gasteiger partial charge in [-0.3, -0.25) is 4.79 Å². The van der Waals surface area contributed by atoms with Crippen LogP contribution in [-0.2, 0) is 0 Å². The number of hydrogen-bond acceptors (Lipinski definition) is 3. The lowest BCUT2D eigenvalue weighted by molar-refractivity contribution is 0.103. The molecule has 2 aromatic heterocycles. The molecule has 0 aliphatic carbocycles. The van der Waals surface area contributed by atoms with E-state index in [0.717, 1.165) is 5.39 Å². The lowest BCUT2D eigenvalue weighted by Crippen LogP contribution is -2.04. The molecule has 0 saturated heterocycles. The molecule has 0 fully saturated rings. The Morgan fingerprint density at radius 3 is 3.00 bits per heavy atom. The van der Waals surface area contributed by atoms with Crippen LogP contribution in [0.5, 0.6) is 5.75 Å². The maximum absolute atomic E-state index is 12.7. The van der Waals surface area contributed by atoms with Crippen molar-refractivity contribution < 1.29 is 9.53 Å². The lowest BCUT2D eigenvalue weighted by Gasteiger charge is -2.07. The second-order valence-corrected chi connectivity index (χ2v) is 5.14. The maximum atomic E-state index is 12.7. The van der Waals surface area contributed by atoms with Gasteiger partial charge in [0.1, 0.15) is 11.4 Å². The van der Waals surface area contributed by atoms with Gasteiger partial charge in [0.15, 0.2) is 5.78 Å². The van der Waals surface area contributed by atoms with E-state index < -0.39 is 0 Å². The normalized spacial score (nSPS) is 10.7. The minimum atomic E-state index is -0.0669. The fourth-order valence-electron chi connectivity index (χ4n) is 2.12. The fourth-order valence-corrected chi connectivity index (χ4v) is 2.62. The van der Waals surface area contributed by atoms with Crippen molar-refractivity contribution in [2.45, 2.75) is 0 Å². The highest BCUT2D eigenvalue weighted by Crippen LogP contribution is 2.27. The smallest absolute Gasteiger partial charge is 0.195 e. The molecule has 0 unspecified atom stereocenters. The third-order valence-corrected chi connectivity index (χ3v) is 3.70. The van der Waals surface area contributed by atoms with E-state index in [1.54, 1.807) is 37.7 Å². The Morgan fingerprint density at radius 2 is 2.20 bits per heavy atom. The van der Waals surface area contributed by atoms with Gasteiger partial charge in [0, 0.05) is 33.4 Å². The van der Waals surface area contributed by atoms with Crippen molar-refractivity contribution in [2.75, 3.05) is 7.11 Å². The van der Waals surface area contributed by atoms with Gasteiger partial charge < -0.3 is 9.72 Å². The molecule has 0 atom stereocenters. The van der Waals surface area contributed by atoms with Gasteiger partial charge in [-0.15, -0.1) is 0 Å². The van der Waals surface area contributed by atoms with Crippen LogP contribution < -0.4 is 4.74 Å². The second-order valence-electron chi connectivity index (χ2n) is 4.28. The first-order chi connectivity index (χ1) is 9.70. The van der Waals surface area contributed by atoms with E-state index in [4.69, 9.17) is 4.74 Å². The summed E-state index contributed by atoms with van der Waals surface area (Å²) in [5, 5.41) is 0.798. The topological polar surface area (TPSA) is 55.0 Å². The number of rotatable bonds is 3. The van der Waals surface area contributed by atoms with Gasteiger partial charge in [-0.25, -0.2) is 4.98 Å². The third-order valence-electron chi connectivity index (χ3n) is 3.10. The number of fused-ring (bicyclic) bond motifs is 1. The Morgan fingerprint density at radius 1 is 1.35 bits per heavy atom. The van der Waals surface area contributed by atoms with Crippen molar-refractivity contribution >= 4 is 32.7 Å². The van der Waals surface area contributed by atoms with Gasteiger partial charge in [-0.1, -0.05) is 12.1 Å². The van der Waals surface area contributed by atoms with Gasteiger partial charge in [-0.2, -0.15) is 0 Å². The molecule has 100 valence electrons. The third kappa shape index (κ3) is 2.10. The Balaban J connectivity index is 2.16. The van der Waals surface area contributed by atoms with Crippen molar-refractivity contribution in [3.05, 3.63) is 58.3 Å². The van der Waals surface area contributed by atoms with Crippen molar-refractivity contribution in [1.82, 2.24) is 9.97 Å². The first-order valence-electron chi connectivity index (χ1n) is 6.01. The number of nitrogens with zero attached hydrogens (tertiary/aromatic N) is 1. The van der Waals surface area contributed by atoms with Crippen molar-refractivity contribution in [3.63, 3.8) is 0 Å². The molecule has 0 spiro atoms. The van der Waals surface area contributed by atoms with E-state index in [1.165, 1.54) is 0 Å². The summed E-state index contributed by atoms with van der Waals surface area (Å²) in [6, 6.07) is 8.96. The van der Waals surface area contributed by atoms with E-state index >= 15 is 0 Å². The molecule has 0 saturated carbocycles. The zero-order chi connectivity index (χ0) is 14.1. The zero-order valence-electron chi connectivity index (χ0n) is 10.7. The second kappa shape index (κ2) is 5.09. The maximum Gasteiger partial charge on any atom is 0.195 e. The number of ether oxygens (including phenoxy) is 1. The average molecular weight is 331 g/mol. The summed E-state index contributed by atoms with van der Waals surface area (Å²) >= 11 is 3.41. The SMILES string of the molecule is COc1cccc(C(=O)c2c(Br)cnc3[nH]ccc23)c1. The molecule has 3 rings (SSSR count). The lowest BCUT2D eigenvalue weighted by atomic mass is 10.0. The number of H-pyrrole nitrogens is 1. The van der Waals surface area contributed by atoms with E-state index in [2.05, 4.69) is 25.9 Å². The molecular formula is C15H11BrN2O2. The van der Waals surface area contributed by atoms with E-state index in [-0.39, 0.29) is 5.78 Å². The van der Waals surface area contributed by atoms with Crippen molar-refractivity contribution in [3.8, 4) is 5.75 Å². The minimum absolute atomic E-state index is 0.0669. The van der Waals surface area contributed by atoms with Crippen LogP contribution in [0.15, 0.2) is 47.2 Å². The summed E-state index contributed by atoms with van der Waals surface area (Å²) in [4.78, 5) is 20.0. The number of aromatic nitrogens is 2. The average Bonchev–Trinajstić information content (AvgIpc) is 2.95. The number of carbonyl (C=O) groups excluding carboxylic acids is 1. The number of benzene rings is 1. The molecule has 0 amide bonds. The molecule has 0 aliphatic rings. The van der Waals surface area contributed by atoms with E-state index in [0.29, 0.717) is 27.0 Å². The van der Waals surface area contributed by atoms with Gasteiger partial charge in [0.2, 0.25) is 0 Å². The highest BCUT2D eigenvalue weighted by atomic mass is 79.9. The largest absolute Gasteiger partial charge is 0.497 e. The first kappa shape index (κ1) is 12.9. The molecule has 1 aromatic carbocycles. The number of hydrogen-bond donors (Lipinski definition) is 1. The van der Waals surface area contributed by atoms with E-state index in [1.807, 2.05) is 12.1 Å². The first-order valence-corrected chi connectivity index (χ1v) is 6.80. The molecule has 0 bridgehead atoms. The van der Waals surface area contributed by atoms with Crippen LogP contribution in [0.4, 0.5) is 0 Å². The zero-order valence-corrected chi connectivity index (χ0v) is 12.3. The molecule has 1 N–H and O–H groups in total. The molecule has 20 heavy (non-hydrogen) atoms. The van der Waals surface area contributed by atoms with Crippen LogP contribution >= 0.6 is 15.9 Å². The van der Waals surface area contributed by atoms with Crippen molar-refractivity contribution in [1.29, 1.82) is 0 Å². The van der Waals surface area contributed by atoms with Gasteiger partial charge in [0.25, 0.3) is 0 Å². The Labute approximate surface area is 123 Å². The quantitative estimate of drug-likeness (QED) is 0.747. The highest BCUT2D eigenvalue weighted by molar-refractivity contribution is 9.10. The van der Waals surface area contributed by atoms with Gasteiger partial charge >= 0.3 is 0 Å². The predicted octanol–water partition coefficient (Wildman–Crippen LogP) is 3.57. The summed E-state index contributed by atoms with van der Waals surface area (Å²) in [5.74, 6) is 0.592. The summed E-state index contributed by atoms with van der Waals surface area (Å²) in [7, 11) is 1.58. The standard InChI is InChI=1S/C15H11BrN2O2/c1-20-10-4-2-3-9(7-10)14(19)13-11-5-6-17-15(11)18-8-12(13)16/h2-8H,1H3,(H,17,18). The van der Waals surface area contributed by atoms with Gasteiger partial charge in [0.05, 0.1) is 7.11 Å². The fraction of sp³-hybridized carbons (Fsp3) is 0.0667. The van der Waals surface area contributed by atoms with Crippen LogP contribution in [0.2, 0.25) is 0 Å². The monoisotopic (exact) mass is 330 g/mol. The number of aromatic amines is 1. The van der Waals surface area contributed by atoms with Gasteiger partial charge in [-0.05, 0) is 34.1 Å². The number of ketones is 1. The predicted molar refractivity (Wildman–Crippen MR) is 80.2 cm³/mol. The molecule has 5 heteroatoms. The van der Waals surface area contributed by atoms with Crippen LogP contribution in [0, 0.1) is 0 Å². The van der Waals surface area contributed by atoms with Crippen LogP contribution in [-0.4, -0.2) is 22.9 Å². The van der Waals surface area contributed by atoms with Crippen LogP contribution in [0.3, 0.4) is 0 Å². The number of nitrogens with one attached hydrogen (secondary N) is 1. The minimum Gasteiger partial charge on any atom is -0.497 e. The van der Waals surface area contributed by atoms with E-state index in [9.17, 15) is 4.79 Å². The summed E-state index contributed by atoms with van der Waals surface area (Å²) in [6.07, 6.45) is 3.40. The van der Waals surface area contributed by atoms with Crippen molar-refractivity contribution in [2.24, 2.45) is 0 Å². The Kier molecular flexibility index (Phi) is 3.28. The summed E-state index contributed by atoms with van der Waals surface area (Å²) in [5.41, 5.74) is 1.88. The molecule has 0 radical (unpaired) electrons. The number of pyridine rings is 1. The number of carbonyl (C=O) groups is 1. The highest BCUT2D eigenvalue weighted by Gasteiger charge is 2.17.